The van der Waals surface area contributed by atoms with Crippen molar-refractivity contribution < 1.29 is 9.53 Å². The van der Waals surface area contributed by atoms with Crippen molar-refractivity contribution in [3.63, 3.8) is 0 Å². The third-order valence-electron chi connectivity index (χ3n) is 3.89. The third-order valence-corrected chi connectivity index (χ3v) is 3.89. The minimum Gasteiger partial charge on any atom is -0.492 e. The minimum atomic E-state index is 0.0744. The molecule has 2 rings (SSSR count). The number of carbonyl (C=O) groups is 1. The van der Waals surface area contributed by atoms with Crippen LogP contribution in [0.1, 0.15) is 38.2 Å². The first-order valence-corrected chi connectivity index (χ1v) is 7.93. The number of ether oxygens (including phenoxy) is 1. The molecule has 21 heavy (non-hydrogen) atoms. The number of amides is 1. The van der Waals surface area contributed by atoms with Gasteiger partial charge in [0.1, 0.15) is 5.75 Å². The fourth-order valence-electron chi connectivity index (χ4n) is 2.73. The summed E-state index contributed by atoms with van der Waals surface area (Å²) in [7, 11) is 0. The maximum atomic E-state index is 12.1. The summed E-state index contributed by atoms with van der Waals surface area (Å²) in [6, 6.07) is 5.87. The first-order valence-electron chi connectivity index (χ1n) is 7.93. The van der Waals surface area contributed by atoms with Crippen LogP contribution in [-0.4, -0.2) is 25.6 Å². The van der Waals surface area contributed by atoms with Gasteiger partial charge in [-0.15, -0.1) is 0 Å². The number of rotatable bonds is 6. The van der Waals surface area contributed by atoms with Gasteiger partial charge in [0.05, 0.1) is 12.3 Å². The number of nitrogens with one attached hydrogen (secondary N) is 2. The predicted molar refractivity (Wildman–Crippen MR) is 85.8 cm³/mol. The fourth-order valence-corrected chi connectivity index (χ4v) is 2.73. The van der Waals surface area contributed by atoms with Crippen LogP contribution in [0.25, 0.3) is 0 Å². The molecule has 2 N–H and O–H groups in total. The quantitative estimate of drug-likeness (QED) is 0.846. The van der Waals surface area contributed by atoms with Crippen molar-refractivity contribution >= 4 is 11.6 Å². The van der Waals surface area contributed by atoms with Crippen molar-refractivity contribution in [2.75, 3.05) is 25.0 Å². The van der Waals surface area contributed by atoms with Crippen LogP contribution in [0.5, 0.6) is 5.75 Å². The number of carbonyl (C=O) groups excluding carboxylic acids is 1. The molecule has 1 amide bonds. The highest BCUT2D eigenvalue weighted by atomic mass is 16.5. The molecule has 1 atom stereocenters. The number of aryl methyl sites for hydroxylation is 1. The lowest BCUT2D eigenvalue weighted by Crippen LogP contribution is -2.30. The zero-order valence-electron chi connectivity index (χ0n) is 13.1. The molecule has 116 valence electrons. The Balaban J connectivity index is 1.86. The van der Waals surface area contributed by atoms with E-state index in [9.17, 15) is 4.79 Å². The van der Waals surface area contributed by atoms with Gasteiger partial charge in [-0.2, -0.15) is 0 Å². The molecule has 1 heterocycles. The molecule has 0 spiro atoms. The lowest BCUT2D eigenvalue weighted by Gasteiger charge is -2.22. The smallest absolute Gasteiger partial charge is 0.224 e. The van der Waals surface area contributed by atoms with E-state index in [-0.39, 0.29) is 5.91 Å². The van der Waals surface area contributed by atoms with Gasteiger partial charge in [-0.1, -0.05) is 6.07 Å². The van der Waals surface area contributed by atoms with Crippen LogP contribution in [0.15, 0.2) is 18.2 Å². The van der Waals surface area contributed by atoms with E-state index in [1.165, 1.54) is 12.8 Å². The van der Waals surface area contributed by atoms with E-state index < -0.39 is 0 Å². The first kappa shape index (κ1) is 15.8. The summed E-state index contributed by atoms with van der Waals surface area (Å²) in [5.74, 6) is 1.46. The normalized spacial score (nSPS) is 18.3. The standard InChI is InChI=1S/C17H26N2O2/c1-3-21-16-11-13(2)6-8-15(16)19-17(20)9-7-14-5-4-10-18-12-14/h6,8,11,14,18H,3-5,7,9-10,12H2,1-2H3,(H,19,20). The molecule has 0 aliphatic carbocycles. The Morgan fingerprint density at radius 1 is 1.48 bits per heavy atom. The number of hydrogen-bond donors (Lipinski definition) is 2. The molecule has 1 fully saturated rings. The van der Waals surface area contributed by atoms with Crippen LogP contribution in [0.3, 0.4) is 0 Å². The van der Waals surface area contributed by atoms with E-state index in [0.717, 1.165) is 36.5 Å². The molecule has 1 aromatic rings. The van der Waals surface area contributed by atoms with Gasteiger partial charge in [0.2, 0.25) is 5.91 Å². The Labute approximate surface area is 127 Å². The Kier molecular flexibility index (Phi) is 6.05. The molecule has 1 aliphatic heterocycles. The van der Waals surface area contributed by atoms with Gasteiger partial charge in [0, 0.05) is 6.42 Å². The third kappa shape index (κ3) is 5.05. The van der Waals surface area contributed by atoms with E-state index in [1.54, 1.807) is 0 Å². The second-order valence-electron chi connectivity index (χ2n) is 5.73. The van der Waals surface area contributed by atoms with Gasteiger partial charge in [-0.25, -0.2) is 0 Å². The van der Waals surface area contributed by atoms with Crippen LogP contribution in [0.4, 0.5) is 5.69 Å². The highest BCUT2D eigenvalue weighted by molar-refractivity contribution is 5.92. The molecule has 1 aromatic carbocycles. The summed E-state index contributed by atoms with van der Waals surface area (Å²) in [4.78, 5) is 12.1. The van der Waals surface area contributed by atoms with Crippen LogP contribution in [0.2, 0.25) is 0 Å². The monoisotopic (exact) mass is 290 g/mol. The molecule has 1 unspecified atom stereocenters. The van der Waals surface area contributed by atoms with Gasteiger partial charge >= 0.3 is 0 Å². The van der Waals surface area contributed by atoms with Crippen LogP contribution in [-0.2, 0) is 4.79 Å². The van der Waals surface area contributed by atoms with Gasteiger partial charge in [0.15, 0.2) is 0 Å². The molecule has 0 bridgehead atoms. The van der Waals surface area contributed by atoms with Crippen molar-refractivity contribution in [2.24, 2.45) is 5.92 Å². The summed E-state index contributed by atoms with van der Waals surface area (Å²) in [5.41, 5.74) is 1.90. The van der Waals surface area contributed by atoms with Gasteiger partial charge in [-0.3, -0.25) is 4.79 Å². The van der Waals surface area contributed by atoms with Crippen molar-refractivity contribution in [1.29, 1.82) is 0 Å². The summed E-state index contributed by atoms with van der Waals surface area (Å²) >= 11 is 0. The van der Waals surface area contributed by atoms with Gasteiger partial charge in [0.25, 0.3) is 0 Å². The number of anilines is 1. The summed E-state index contributed by atoms with van der Waals surface area (Å²) in [6.45, 7) is 6.72. The Hall–Kier alpha value is -1.55. The largest absolute Gasteiger partial charge is 0.492 e. The average molecular weight is 290 g/mol. The van der Waals surface area contributed by atoms with Crippen molar-refractivity contribution in [3.05, 3.63) is 23.8 Å². The predicted octanol–water partition coefficient (Wildman–Crippen LogP) is 3.11. The van der Waals surface area contributed by atoms with E-state index in [4.69, 9.17) is 4.74 Å². The Morgan fingerprint density at radius 2 is 2.33 bits per heavy atom. The highest BCUT2D eigenvalue weighted by Crippen LogP contribution is 2.26. The SMILES string of the molecule is CCOc1cc(C)ccc1NC(=O)CCC1CCCNC1. The first-order chi connectivity index (χ1) is 10.2. The fraction of sp³-hybridized carbons (Fsp3) is 0.588. The number of hydrogen-bond acceptors (Lipinski definition) is 3. The van der Waals surface area contributed by atoms with E-state index >= 15 is 0 Å². The summed E-state index contributed by atoms with van der Waals surface area (Å²) in [6.07, 6.45) is 3.98. The summed E-state index contributed by atoms with van der Waals surface area (Å²) in [5, 5.41) is 6.37. The second-order valence-corrected chi connectivity index (χ2v) is 5.73. The number of piperidine rings is 1. The maximum absolute atomic E-state index is 12.1. The van der Waals surface area contributed by atoms with Crippen LogP contribution >= 0.6 is 0 Å². The highest BCUT2D eigenvalue weighted by Gasteiger charge is 2.15. The average Bonchev–Trinajstić information content (AvgIpc) is 2.49. The zero-order valence-corrected chi connectivity index (χ0v) is 13.1. The molecular weight excluding hydrogens is 264 g/mol. The lowest BCUT2D eigenvalue weighted by molar-refractivity contribution is -0.116. The van der Waals surface area contributed by atoms with E-state index in [2.05, 4.69) is 10.6 Å². The second kappa shape index (κ2) is 8.03. The zero-order chi connectivity index (χ0) is 15.1. The van der Waals surface area contributed by atoms with Gasteiger partial charge < -0.3 is 15.4 Å². The Morgan fingerprint density at radius 3 is 3.05 bits per heavy atom. The van der Waals surface area contributed by atoms with E-state index in [1.807, 2.05) is 32.0 Å². The van der Waals surface area contributed by atoms with Crippen LogP contribution in [0, 0.1) is 12.8 Å². The topological polar surface area (TPSA) is 50.4 Å². The Bertz CT molecular complexity index is 468. The minimum absolute atomic E-state index is 0.0744. The van der Waals surface area contributed by atoms with Gasteiger partial charge in [-0.05, 0) is 69.8 Å². The molecular formula is C17H26N2O2. The maximum Gasteiger partial charge on any atom is 0.224 e. The molecule has 0 aromatic heterocycles. The molecule has 0 radical (unpaired) electrons. The number of benzene rings is 1. The molecule has 4 heteroatoms. The molecule has 0 saturated carbocycles. The van der Waals surface area contributed by atoms with Crippen molar-refractivity contribution in [3.8, 4) is 5.75 Å². The molecule has 1 saturated heterocycles. The lowest BCUT2D eigenvalue weighted by atomic mass is 9.94. The van der Waals surface area contributed by atoms with Crippen LogP contribution < -0.4 is 15.4 Å². The van der Waals surface area contributed by atoms with Crippen molar-refractivity contribution in [1.82, 2.24) is 5.32 Å². The van der Waals surface area contributed by atoms with Crippen molar-refractivity contribution in [2.45, 2.75) is 39.5 Å². The summed E-state index contributed by atoms with van der Waals surface area (Å²) < 4.78 is 5.59. The molecule has 1 aliphatic rings. The van der Waals surface area contributed by atoms with E-state index in [0.29, 0.717) is 18.9 Å². The molecule has 4 nitrogen and oxygen atoms in total.